The van der Waals surface area contributed by atoms with Crippen LogP contribution in [-0.2, 0) is 4.79 Å². The van der Waals surface area contributed by atoms with Crippen molar-refractivity contribution in [3.63, 3.8) is 0 Å². The number of hydrogen-bond donors (Lipinski definition) is 2. The van der Waals surface area contributed by atoms with Crippen molar-refractivity contribution in [1.82, 2.24) is 15.0 Å². The van der Waals surface area contributed by atoms with Gasteiger partial charge in [-0.05, 0) is 42.0 Å². The Morgan fingerprint density at radius 3 is 2.30 bits per heavy atom. The molecule has 33 heavy (non-hydrogen) atoms. The standard InChI is InChI=1S/C23H18N6O3S/c30-20-10-11-29(20)23-26-14-19(33-23)15-6-8-18(9-7-15)32-22-24-12-17(13-25-22)28-21(31)27-16-4-2-1-3-5-16/h1-9,12-14H,10-11H2,(H2,27,28,31). The van der Waals surface area contributed by atoms with Gasteiger partial charge in [0.25, 0.3) is 0 Å². The van der Waals surface area contributed by atoms with Crippen LogP contribution >= 0.6 is 11.3 Å². The summed E-state index contributed by atoms with van der Waals surface area (Å²) in [5.41, 5.74) is 2.10. The predicted octanol–water partition coefficient (Wildman–Crippen LogP) is 4.77. The van der Waals surface area contributed by atoms with Gasteiger partial charge in [0.15, 0.2) is 5.13 Å². The lowest BCUT2D eigenvalue weighted by atomic mass is 10.2. The molecular weight excluding hydrogens is 440 g/mol. The van der Waals surface area contributed by atoms with Gasteiger partial charge in [-0.1, -0.05) is 29.5 Å². The summed E-state index contributed by atoms with van der Waals surface area (Å²) < 4.78 is 5.69. The minimum atomic E-state index is -0.390. The van der Waals surface area contributed by atoms with E-state index in [1.54, 1.807) is 23.2 Å². The molecule has 0 bridgehead atoms. The number of benzene rings is 2. The van der Waals surface area contributed by atoms with Crippen molar-refractivity contribution in [2.24, 2.45) is 0 Å². The van der Waals surface area contributed by atoms with Crippen LogP contribution in [0.4, 0.5) is 21.3 Å². The van der Waals surface area contributed by atoms with Gasteiger partial charge in [0.1, 0.15) is 5.75 Å². The second kappa shape index (κ2) is 9.05. The SMILES string of the molecule is O=C(Nc1ccccc1)Nc1cnc(Oc2ccc(-c3cnc(N4CCC4=O)s3)cc2)nc1. The van der Waals surface area contributed by atoms with E-state index in [-0.39, 0.29) is 11.9 Å². The molecule has 0 unspecified atom stereocenters. The lowest BCUT2D eigenvalue weighted by molar-refractivity contribution is -0.122. The van der Waals surface area contributed by atoms with E-state index in [0.717, 1.165) is 22.1 Å². The summed E-state index contributed by atoms with van der Waals surface area (Å²) in [6.07, 6.45) is 5.29. The van der Waals surface area contributed by atoms with Crippen LogP contribution in [0.2, 0.25) is 0 Å². The summed E-state index contributed by atoms with van der Waals surface area (Å²) in [6.45, 7) is 0.727. The highest BCUT2D eigenvalue weighted by Crippen LogP contribution is 2.34. The molecule has 2 N–H and O–H groups in total. The summed E-state index contributed by atoms with van der Waals surface area (Å²) in [7, 11) is 0. The fourth-order valence-corrected chi connectivity index (χ4v) is 4.05. The van der Waals surface area contributed by atoms with E-state index in [4.69, 9.17) is 4.74 Å². The predicted molar refractivity (Wildman–Crippen MR) is 126 cm³/mol. The highest BCUT2D eigenvalue weighted by molar-refractivity contribution is 7.19. The number of β-lactam (4-membered cyclic amide) rings is 1. The molecule has 1 aliphatic heterocycles. The van der Waals surface area contributed by atoms with Crippen LogP contribution in [0.1, 0.15) is 6.42 Å². The lowest BCUT2D eigenvalue weighted by Crippen LogP contribution is -2.43. The average Bonchev–Trinajstić information content (AvgIpc) is 3.29. The summed E-state index contributed by atoms with van der Waals surface area (Å²) in [6, 6.07) is 16.3. The van der Waals surface area contributed by atoms with E-state index in [1.165, 1.54) is 23.7 Å². The molecule has 2 aromatic heterocycles. The molecule has 0 spiro atoms. The first kappa shape index (κ1) is 20.6. The minimum Gasteiger partial charge on any atom is -0.424 e. The Bertz CT molecular complexity index is 1280. The van der Waals surface area contributed by atoms with Crippen molar-refractivity contribution in [2.45, 2.75) is 6.42 Å². The summed E-state index contributed by atoms with van der Waals surface area (Å²) in [5.74, 6) is 0.682. The molecule has 1 aliphatic rings. The number of amides is 3. The maximum absolute atomic E-state index is 12.0. The Morgan fingerprint density at radius 2 is 1.64 bits per heavy atom. The number of para-hydroxylation sites is 1. The second-order valence-electron chi connectivity index (χ2n) is 7.13. The van der Waals surface area contributed by atoms with Crippen LogP contribution in [-0.4, -0.2) is 33.4 Å². The molecule has 0 aliphatic carbocycles. The Labute approximate surface area is 193 Å². The average molecular weight is 459 g/mol. The first-order valence-electron chi connectivity index (χ1n) is 10.1. The van der Waals surface area contributed by atoms with Crippen LogP contribution in [0.15, 0.2) is 73.2 Å². The molecule has 0 saturated carbocycles. The van der Waals surface area contributed by atoms with Crippen molar-refractivity contribution in [2.75, 3.05) is 22.1 Å². The van der Waals surface area contributed by atoms with E-state index >= 15 is 0 Å². The number of ether oxygens (including phenoxy) is 1. The van der Waals surface area contributed by atoms with E-state index < -0.39 is 6.03 Å². The Morgan fingerprint density at radius 1 is 0.909 bits per heavy atom. The fraction of sp³-hybridized carbons (Fsp3) is 0.0870. The molecule has 0 radical (unpaired) electrons. The monoisotopic (exact) mass is 458 g/mol. The number of carbonyl (C=O) groups is 2. The largest absolute Gasteiger partial charge is 0.424 e. The zero-order valence-corrected chi connectivity index (χ0v) is 18.1. The van der Waals surface area contributed by atoms with Crippen LogP contribution in [0.3, 0.4) is 0 Å². The van der Waals surface area contributed by atoms with E-state index in [0.29, 0.717) is 23.5 Å². The van der Waals surface area contributed by atoms with Gasteiger partial charge in [0, 0.05) is 24.8 Å². The van der Waals surface area contributed by atoms with Crippen molar-refractivity contribution in [3.8, 4) is 22.2 Å². The second-order valence-corrected chi connectivity index (χ2v) is 8.14. The number of carbonyl (C=O) groups excluding carboxylic acids is 2. The number of nitrogens with zero attached hydrogens (tertiary/aromatic N) is 4. The normalized spacial score (nSPS) is 12.7. The number of nitrogens with one attached hydrogen (secondary N) is 2. The Kier molecular flexibility index (Phi) is 5.64. The third-order valence-electron chi connectivity index (χ3n) is 4.84. The molecule has 3 heterocycles. The molecule has 164 valence electrons. The van der Waals surface area contributed by atoms with Crippen LogP contribution in [0.5, 0.6) is 11.8 Å². The van der Waals surface area contributed by atoms with E-state index in [1.807, 2.05) is 42.5 Å². The first-order chi connectivity index (χ1) is 16.1. The van der Waals surface area contributed by atoms with Gasteiger partial charge in [-0.3, -0.25) is 9.69 Å². The maximum atomic E-state index is 12.0. The van der Waals surface area contributed by atoms with Gasteiger partial charge in [0.05, 0.1) is 23.0 Å². The summed E-state index contributed by atoms with van der Waals surface area (Å²) in [4.78, 5) is 38.9. The number of thiazole rings is 1. The molecule has 10 heteroatoms. The van der Waals surface area contributed by atoms with Gasteiger partial charge in [-0.15, -0.1) is 0 Å². The smallest absolute Gasteiger partial charge is 0.323 e. The first-order valence-corrected chi connectivity index (χ1v) is 11.0. The van der Waals surface area contributed by atoms with Crippen molar-refractivity contribution in [1.29, 1.82) is 0 Å². The molecule has 1 fully saturated rings. The van der Waals surface area contributed by atoms with Gasteiger partial charge in [0.2, 0.25) is 5.91 Å². The third kappa shape index (κ3) is 4.80. The topological polar surface area (TPSA) is 109 Å². The molecule has 1 saturated heterocycles. The van der Waals surface area contributed by atoms with Crippen molar-refractivity contribution in [3.05, 3.63) is 73.2 Å². The number of rotatable bonds is 6. The molecule has 5 rings (SSSR count). The van der Waals surface area contributed by atoms with E-state index in [9.17, 15) is 9.59 Å². The molecular formula is C23H18N6O3S. The number of anilines is 3. The summed E-state index contributed by atoms with van der Waals surface area (Å²) >= 11 is 1.48. The van der Waals surface area contributed by atoms with Crippen molar-refractivity contribution < 1.29 is 14.3 Å². The molecule has 0 atom stereocenters. The number of hydrogen-bond acceptors (Lipinski definition) is 7. The molecule has 9 nitrogen and oxygen atoms in total. The molecule has 2 aromatic carbocycles. The Balaban J connectivity index is 1.17. The van der Waals surface area contributed by atoms with Gasteiger partial charge in [-0.2, -0.15) is 0 Å². The van der Waals surface area contributed by atoms with Gasteiger partial charge >= 0.3 is 12.0 Å². The van der Waals surface area contributed by atoms with Gasteiger partial charge < -0.3 is 15.4 Å². The van der Waals surface area contributed by atoms with Crippen LogP contribution in [0.25, 0.3) is 10.4 Å². The van der Waals surface area contributed by atoms with Gasteiger partial charge in [-0.25, -0.2) is 19.7 Å². The Hall–Kier alpha value is -4.31. The third-order valence-corrected chi connectivity index (χ3v) is 5.91. The quantitative estimate of drug-likeness (QED) is 0.403. The lowest BCUT2D eigenvalue weighted by Gasteiger charge is -2.27. The fourth-order valence-electron chi connectivity index (χ4n) is 3.08. The van der Waals surface area contributed by atoms with Crippen molar-refractivity contribution >= 4 is 39.8 Å². The summed E-state index contributed by atoms with van der Waals surface area (Å²) in [5, 5.41) is 6.11. The molecule has 4 aromatic rings. The molecule has 3 amide bonds. The zero-order chi connectivity index (χ0) is 22.6. The van der Waals surface area contributed by atoms with Crippen LogP contribution in [0, 0.1) is 0 Å². The minimum absolute atomic E-state index is 0.109. The van der Waals surface area contributed by atoms with Crippen LogP contribution < -0.4 is 20.3 Å². The highest BCUT2D eigenvalue weighted by atomic mass is 32.1. The van der Waals surface area contributed by atoms with E-state index in [2.05, 4.69) is 25.6 Å². The number of urea groups is 1. The zero-order valence-electron chi connectivity index (χ0n) is 17.3. The maximum Gasteiger partial charge on any atom is 0.323 e. The highest BCUT2D eigenvalue weighted by Gasteiger charge is 2.27. The number of aromatic nitrogens is 3.